The summed E-state index contributed by atoms with van der Waals surface area (Å²) < 4.78 is 10.7. The Balaban J connectivity index is 0.00000131. The summed E-state index contributed by atoms with van der Waals surface area (Å²) in [6.45, 7) is 5.52. The van der Waals surface area contributed by atoms with Crippen molar-refractivity contribution in [3.8, 4) is 10.7 Å². The summed E-state index contributed by atoms with van der Waals surface area (Å²) in [5.41, 5.74) is 0. The van der Waals surface area contributed by atoms with Gasteiger partial charge in [0.25, 0.3) is 0 Å². The van der Waals surface area contributed by atoms with E-state index in [9.17, 15) is 4.79 Å². The first-order valence-corrected chi connectivity index (χ1v) is 9.36. The lowest BCUT2D eigenvalue weighted by molar-refractivity contribution is -0.138. The summed E-state index contributed by atoms with van der Waals surface area (Å²) in [4.78, 5) is 22.1. The predicted octanol–water partition coefficient (Wildman–Crippen LogP) is 1.27. The van der Waals surface area contributed by atoms with Gasteiger partial charge in [-0.2, -0.15) is 4.98 Å². The van der Waals surface area contributed by atoms with Gasteiger partial charge in [0.05, 0.1) is 24.6 Å². The van der Waals surface area contributed by atoms with Crippen molar-refractivity contribution < 1.29 is 14.1 Å². The van der Waals surface area contributed by atoms with Crippen LogP contribution in [0.1, 0.15) is 5.89 Å². The summed E-state index contributed by atoms with van der Waals surface area (Å²) in [5.74, 6) is 1.39. The maximum absolute atomic E-state index is 12.5. The first-order chi connectivity index (χ1) is 12.3. The normalized spacial score (nSPS) is 20.6. The molecule has 27 heavy (non-hydrogen) atoms. The molecule has 1 unspecified atom stereocenters. The summed E-state index contributed by atoms with van der Waals surface area (Å²) in [6.07, 6.45) is 0. The molecule has 0 aromatic carbocycles. The average molecular weight is 436 g/mol. The van der Waals surface area contributed by atoms with Gasteiger partial charge in [0.15, 0.2) is 0 Å². The minimum absolute atomic E-state index is 0. The van der Waals surface area contributed by atoms with Crippen molar-refractivity contribution in [3.05, 3.63) is 23.4 Å². The number of halogens is 2. The number of thiophene rings is 1. The number of hydrogen-bond acceptors (Lipinski definition) is 8. The Bertz CT molecular complexity index is 701. The number of aromatic nitrogens is 2. The van der Waals surface area contributed by atoms with Crippen LogP contribution in [0.2, 0.25) is 0 Å². The molecule has 2 aromatic heterocycles. The third kappa shape index (κ3) is 5.40. The van der Waals surface area contributed by atoms with Crippen LogP contribution in [0.3, 0.4) is 0 Å². The van der Waals surface area contributed by atoms with E-state index in [0.29, 0.717) is 44.6 Å². The average Bonchev–Trinajstić information content (AvgIpc) is 3.34. The highest BCUT2D eigenvalue weighted by atomic mass is 35.5. The van der Waals surface area contributed by atoms with Crippen molar-refractivity contribution in [2.45, 2.75) is 12.6 Å². The quantitative estimate of drug-likeness (QED) is 0.773. The van der Waals surface area contributed by atoms with Crippen LogP contribution in [-0.4, -0.2) is 77.8 Å². The molecule has 2 aliphatic heterocycles. The summed E-state index contributed by atoms with van der Waals surface area (Å²) >= 11 is 1.59. The van der Waals surface area contributed by atoms with Crippen LogP contribution in [0.4, 0.5) is 0 Å². The van der Waals surface area contributed by atoms with Crippen molar-refractivity contribution in [1.82, 2.24) is 25.3 Å². The lowest BCUT2D eigenvalue weighted by Crippen LogP contribution is -2.57. The van der Waals surface area contributed by atoms with Crippen molar-refractivity contribution in [2.75, 3.05) is 45.9 Å². The fraction of sp³-hybridized carbons (Fsp3) is 0.562. The van der Waals surface area contributed by atoms with Crippen LogP contribution < -0.4 is 5.32 Å². The van der Waals surface area contributed by atoms with E-state index < -0.39 is 0 Å². The number of nitrogens with zero attached hydrogens (tertiary/aromatic N) is 4. The SMILES string of the molecule is Cl.Cl.O=C(C1COCCN1)N1CCN(Cc2nc(-c3cccs3)no2)CC1. The number of piperazine rings is 1. The van der Waals surface area contributed by atoms with Gasteiger partial charge in [-0.1, -0.05) is 11.2 Å². The first kappa shape index (κ1) is 22.1. The number of carbonyl (C=O) groups is 1. The monoisotopic (exact) mass is 435 g/mol. The second-order valence-corrected chi connectivity index (χ2v) is 7.12. The van der Waals surface area contributed by atoms with E-state index in [1.807, 2.05) is 22.4 Å². The van der Waals surface area contributed by atoms with Crippen LogP contribution in [0.15, 0.2) is 22.0 Å². The number of carbonyl (C=O) groups excluding carboxylic acids is 1. The number of nitrogens with one attached hydrogen (secondary N) is 1. The number of amides is 1. The minimum Gasteiger partial charge on any atom is -0.378 e. The van der Waals surface area contributed by atoms with Crippen molar-refractivity contribution in [3.63, 3.8) is 0 Å². The molecule has 4 rings (SSSR count). The van der Waals surface area contributed by atoms with Gasteiger partial charge in [-0.25, -0.2) is 0 Å². The van der Waals surface area contributed by atoms with E-state index in [1.54, 1.807) is 11.3 Å². The second kappa shape index (κ2) is 10.4. The molecule has 2 fully saturated rings. The van der Waals surface area contributed by atoms with Crippen molar-refractivity contribution in [2.24, 2.45) is 0 Å². The topological polar surface area (TPSA) is 83.7 Å². The maximum atomic E-state index is 12.5. The second-order valence-electron chi connectivity index (χ2n) is 6.17. The standard InChI is InChI=1S/C16H21N5O3S.2ClH/c22-16(12-11-23-8-3-17-12)21-6-4-20(5-7-21)10-14-18-15(19-24-14)13-2-1-9-25-13;;/h1-2,9,12,17H,3-8,10-11H2;2*1H. The van der Waals surface area contributed by atoms with Crippen LogP contribution in [0.5, 0.6) is 0 Å². The Kier molecular flexibility index (Phi) is 8.46. The zero-order valence-electron chi connectivity index (χ0n) is 14.7. The number of rotatable bonds is 4. The molecule has 11 heteroatoms. The zero-order chi connectivity index (χ0) is 17.1. The Morgan fingerprint density at radius 3 is 2.78 bits per heavy atom. The van der Waals surface area contributed by atoms with E-state index in [2.05, 4.69) is 20.4 Å². The molecule has 1 amide bonds. The molecule has 0 radical (unpaired) electrons. The van der Waals surface area contributed by atoms with Gasteiger partial charge in [0.1, 0.15) is 6.04 Å². The molecular weight excluding hydrogens is 413 g/mol. The Labute approximate surface area is 174 Å². The molecule has 2 aromatic rings. The highest BCUT2D eigenvalue weighted by Gasteiger charge is 2.29. The minimum atomic E-state index is -0.204. The highest BCUT2D eigenvalue weighted by molar-refractivity contribution is 7.13. The molecule has 0 bridgehead atoms. The van der Waals surface area contributed by atoms with Crippen molar-refractivity contribution >= 4 is 42.1 Å². The van der Waals surface area contributed by atoms with Crippen LogP contribution in [0.25, 0.3) is 10.7 Å². The number of ether oxygens (including phenoxy) is 1. The molecule has 150 valence electrons. The molecule has 2 saturated heterocycles. The van der Waals surface area contributed by atoms with E-state index in [0.717, 1.165) is 24.5 Å². The Morgan fingerprint density at radius 2 is 2.11 bits per heavy atom. The molecule has 0 aliphatic carbocycles. The highest BCUT2D eigenvalue weighted by Crippen LogP contribution is 2.21. The molecule has 1 N–H and O–H groups in total. The van der Waals surface area contributed by atoms with E-state index in [4.69, 9.17) is 9.26 Å². The molecule has 8 nitrogen and oxygen atoms in total. The van der Waals surface area contributed by atoms with Crippen LogP contribution in [-0.2, 0) is 16.1 Å². The molecule has 4 heterocycles. The number of hydrogen-bond donors (Lipinski definition) is 1. The van der Waals surface area contributed by atoms with Gasteiger partial charge < -0.3 is 19.5 Å². The van der Waals surface area contributed by atoms with Crippen LogP contribution >= 0.6 is 36.2 Å². The number of morpholine rings is 1. The van der Waals surface area contributed by atoms with E-state index in [-0.39, 0.29) is 36.8 Å². The third-order valence-electron chi connectivity index (χ3n) is 4.47. The van der Waals surface area contributed by atoms with Crippen LogP contribution in [0, 0.1) is 0 Å². The fourth-order valence-electron chi connectivity index (χ4n) is 3.09. The third-order valence-corrected chi connectivity index (χ3v) is 5.34. The Hall–Kier alpha value is -1.23. The summed E-state index contributed by atoms with van der Waals surface area (Å²) in [5, 5.41) is 9.25. The lowest BCUT2D eigenvalue weighted by Gasteiger charge is -2.36. The van der Waals surface area contributed by atoms with E-state index >= 15 is 0 Å². The molecule has 2 aliphatic rings. The van der Waals surface area contributed by atoms with Gasteiger partial charge in [-0.05, 0) is 11.4 Å². The first-order valence-electron chi connectivity index (χ1n) is 8.48. The van der Waals surface area contributed by atoms with Gasteiger partial charge in [-0.15, -0.1) is 36.2 Å². The van der Waals surface area contributed by atoms with Gasteiger partial charge >= 0.3 is 0 Å². The molecule has 0 saturated carbocycles. The molecule has 1 atom stereocenters. The maximum Gasteiger partial charge on any atom is 0.242 e. The zero-order valence-corrected chi connectivity index (χ0v) is 17.2. The van der Waals surface area contributed by atoms with Gasteiger partial charge in [0, 0.05) is 32.7 Å². The predicted molar refractivity (Wildman–Crippen MR) is 107 cm³/mol. The summed E-state index contributed by atoms with van der Waals surface area (Å²) in [6, 6.07) is 3.75. The lowest BCUT2D eigenvalue weighted by atomic mass is 10.2. The smallest absolute Gasteiger partial charge is 0.242 e. The van der Waals surface area contributed by atoms with Gasteiger partial charge in [0.2, 0.25) is 17.6 Å². The summed E-state index contributed by atoms with van der Waals surface area (Å²) in [7, 11) is 0. The van der Waals surface area contributed by atoms with Crippen molar-refractivity contribution in [1.29, 1.82) is 0 Å². The Morgan fingerprint density at radius 1 is 1.30 bits per heavy atom. The van der Waals surface area contributed by atoms with Gasteiger partial charge in [-0.3, -0.25) is 9.69 Å². The van der Waals surface area contributed by atoms with E-state index in [1.165, 1.54) is 0 Å². The molecule has 0 spiro atoms. The fourth-order valence-corrected chi connectivity index (χ4v) is 3.74. The molecular formula is C16H23Cl2N5O3S. The largest absolute Gasteiger partial charge is 0.378 e.